The van der Waals surface area contributed by atoms with Crippen molar-refractivity contribution in [1.82, 2.24) is 14.7 Å². The highest BCUT2D eigenvalue weighted by Crippen LogP contribution is 2.29. The Bertz CT molecular complexity index is 840. The lowest BCUT2D eigenvalue weighted by atomic mass is 9.91. The van der Waals surface area contributed by atoms with Crippen LogP contribution in [0.15, 0.2) is 16.7 Å². The van der Waals surface area contributed by atoms with Gasteiger partial charge in [-0.05, 0) is 62.8 Å². The van der Waals surface area contributed by atoms with Crippen LogP contribution in [0.5, 0.6) is 0 Å². The quantitative estimate of drug-likeness (QED) is 0.788. The average molecular weight is 296 g/mol. The summed E-state index contributed by atoms with van der Waals surface area (Å²) in [6.45, 7) is 4.55. The van der Waals surface area contributed by atoms with Crippen molar-refractivity contribution in [3.8, 4) is 0 Å². The maximum atomic E-state index is 6.17. The molecule has 0 atom stereocenters. The van der Waals surface area contributed by atoms with E-state index in [4.69, 9.17) is 10.3 Å². The summed E-state index contributed by atoms with van der Waals surface area (Å²) in [6, 6.07) is 4.48. The number of nitrogens with zero attached hydrogens (tertiary/aromatic N) is 3. The number of anilines is 1. The fraction of sp³-hybridized carbons (Fsp3) is 0.412. The van der Waals surface area contributed by atoms with E-state index >= 15 is 0 Å². The van der Waals surface area contributed by atoms with Crippen molar-refractivity contribution < 1.29 is 4.52 Å². The lowest BCUT2D eigenvalue weighted by Gasteiger charge is -2.15. The number of hydrogen-bond donors (Lipinski definition) is 1. The summed E-state index contributed by atoms with van der Waals surface area (Å²) in [6.07, 6.45) is 4.85. The molecule has 0 unspecified atom stereocenters. The zero-order chi connectivity index (χ0) is 15.3. The second kappa shape index (κ2) is 4.87. The Morgan fingerprint density at radius 3 is 2.59 bits per heavy atom. The van der Waals surface area contributed by atoms with Crippen LogP contribution in [-0.4, -0.2) is 14.7 Å². The van der Waals surface area contributed by atoms with Gasteiger partial charge in [0, 0.05) is 5.56 Å². The van der Waals surface area contributed by atoms with Crippen LogP contribution in [-0.2, 0) is 19.4 Å². The lowest BCUT2D eigenvalue weighted by molar-refractivity contribution is 0.392. The first-order valence-corrected chi connectivity index (χ1v) is 7.82. The third-order valence-electron chi connectivity index (χ3n) is 4.74. The summed E-state index contributed by atoms with van der Waals surface area (Å²) < 4.78 is 7.33. The van der Waals surface area contributed by atoms with Gasteiger partial charge in [-0.25, -0.2) is 4.98 Å². The van der Waals surface area contributed by atoms with Crippen molar-refractivity contribution in [2.24, 2.45) is 0 Å². The first-order chi connectivity index (χ1) is 10.6. The van der Waals surface area contributed by atoms with Gasteiger partial charge in [-0.2, -0.15) is 0 Å². The molecule has 0 amide bonds. The molecule has 2 aromatic heterocycles. The monoisotopic (exact) mass is 296 g/mol. The van der Waals surface area contributed by atoms with Crippen LogP contribution in [0.2, 0.25) is 0 Å². The predicted molar refractivity (Wildman–Crippen MR) is 85.9 cm³/mol. The Morgan fingerprint density at radius 1 is 1.18 bits per heavy atom. The molecule has 1 aliphatic carbocycles. The minimum Gasteiger partial charge on any atom is -0.369 e. The smallest absolute Gasteiger partial charge is 0.201 e. The number of aromatic nitrogens is 3. The number of hydrogen-bond acceptors (Lipinski definition) is 4. The normalized spacial score (nSPS) is 14.5. The first kappa shape index (κ1) is 13.4. The van der Waals surface area contributed by atoms with Crippen LogP contribution in [0.4, 0.5) is 5.95 Å². The van der Waals surface area contributed by atoms with Crippen LogP contribution >= 0.6 is 0 Å². The summed E-state index contributed by atoms with van der Waals surface area (Å²) in [5, 5.41) is 4.03. The van der Waals surface area contributed by atoms with E-state index in [1.807, 2.05) is 13.8 Å². The highest BCUT2D eigenvalue weighted by molar-refractivity contribution is 5.80. The molecular formula is C17H20N4O. The maximum Gasteiger partial charge on any atom is 0.201 e. The Kier molecular flexibility index (Phi) is 2.96. The van der Waals surface area contributed by atoms with Gasteiger partial charge >= 0.3 is 0 Å². The summed E-state index contributed by atoms with van der Waals surface area (Å²) in [7, 11) is 0. The molecule has 0 bridgehead atoms. The zero-order valence-electron chi connectivity index (χ0n) is 13.0. The molecule has 0 saturated carbocycles. The number of imidazole rings is 1. The molecule has 1 aromatic carbocycles. The molecule has 4 rings (SSSR count). The molecular weight excluding hydrogens is 276 g/mol. The van der Waals surface area contributed by atoms with E-state index in [1.54, 1.807) is 0 Å². The fourth-order valence-corrected chi connectivity index (χ4v) is 3.42. The highest BCUT2D eigenvalue weighted by Gasteiger charge is 2.17. The van der Waals surface area contributed by atoms with E-state index in [-0.39, 0.29) is 0 Å². The van der Waals surface area contributed by atoms with E-state index in [1.165, 1.54) is 24.0 Å². The van der Waals surface area contributed by atoms with Gasteiger partial charge in [-0.3, -0.25) is 0 Å². The average Bonchev–Trinajstić information content (AvgIpc) is 2.99. The SMILES string of the molecule is Cc1noc(C)c1Cn1c(N)nc2cc3c(cc21)CCCC3. The Balaban J connectivity index is 1.85. The lowest BCUT2D eigenvalue weighted by Crippen LogP contribution is -2.07. The minimum absolute atomic E-state index is 0.553. The summed E-state index contributed by atoms with van der Waals surface area (Å²) >= 11 is 0. The molecule has 114 valence electrons. The highest BCUT2D eigenvalue weighted by atomic mass is 16.5. The van der Waals surface area contributed by atoms with Crippen molar-refractivity contribution in [2.75, 3.05) is 5.73 Å². The molecule has 3 aromatic rings. The van der Waals surface area contributed by atoms with E-state index in [2.05, 4.69) is 26.8 Å². The molecule has 0 radical (unpaired) electrons. The molecule has 0 saturated heterocycles. The Hall–Kier alpha value is -2.30. The van der Waals surface area contributed by atoms with Gasteiger partial charge in [0.2, 0.25) is 5.95 Å². The third kappa shape index (κ3) is 2.00. The van der Waals surface area contributed by atoms with E-state index in [9.17, 15) is 0 Å². The summed E-state index contributed by atoms with van der Waals surface area (Å²) in [5.41, 5.74) is 13.1. The minimum atomic E-state index is 0.553. The van der Waals surface area contributed by atoms with Crippen molar-refractivity contribution >= 4 is 17.0 Å². The molecule has 22 heavy (non-hydrogen) atoms. The van der Waals surface area contributed by atoms with Crippen molar-refractivity contribution in [3.05, 3.63) is 40.3 Å². The number of fused-ring (bicyclic) bond motifs is 2. The van der Waals surface area contributed by atoms with Gasteiger partial charge in [0.15, 0.2) is 0 Å². The summed E-state index contributed by atoms with van der Waals surface area (Å²) in [4.78, 5) is 4.55. The number of benzene rings is 1. The zero-order valence-corrected chi connectivity index (χ0v) is 13.0. The van der Waals surface area contributed by atoms with Crippen LogP contribution in [0.25, 0.3) is 11.0 Å². The van der Waals surface area contributed by atoms with Crippen LogP contribution < -0.4 is 5.73 Å². The van der Waals surface area contributed by atoms with E-state index < -0.39 is 0 Å². The molecule has 5 nitrogen and oxygen atoms in total. The van der Waals surface area contributed by atoms with E-state index in [0.717, 1.165) is 40.9 Å². The standard InChI is InChI=1S/C17H20N4O/c1-10-14(11(2)22-20-10)9-21-16-8-13-6-4-3-5-12(13)7-15(16)19-17(21)18/h7-8H,3-6,9H2,1-2H3,(H2,18,19). The largest absolute Gasteiger partial charge is 0.369 e. The third-order valence-corrected chi connectivity index (χ3v) is 4.74. The number of nitrogen functional groups attached to an aromatic ring is 1. The second-order valence-electron chi connectivity index (χ2n) is 6.18. The van der Waals surface area contributed by atoms with E-state index in [0.29, 0.717) is 12.5 Å². The van der Waals surface area contributed by atoms with Gasteiger partial charge in [0.1, 0.15) is 5.76 Å². The van der Waals surface area contributed by atoms with Gasteiger partial charge < -0.3 is 14.8 Å². The van der Waals surface area contributed by atoms with Gasteiger partial charge in [0.05, 0.1) is 23.3 Å². The molecule has 2 heterocycles. The number of rotatable bonds is 2. The Labute approximate surface area is 129 Å². The summed E-state index contributed by atoms with van der Waals surface area (Å²) in [5.74, 6) is 1.40. The van der Waals surface area contributed by atoms with Gasteiger partial charge in [-0.1, -0.05) is 5.16 Å². The molecule has 0 aliphatic heterocycles. The van der Waals surface area contributed by atoms with Crippen LogP contribution in [0, 0.1) is 13.8 Å². The molecule has 0 fully saturated rings. The van der Waals surface area contributed by atoms with Crippen molar-refractivity contribution in [1.29, 1.82) is 0 Å². The van der Waals surface area contributed by atoms with Gasteiger partial charge in [-0.15, -0.1) is 0 Å². The van der Waals surface area contributed by atoms with Crippen LogP contribution in [0.1, 0.15) is 41.0 Å². The Morgan fingerprint density at radius 2 is 1.91 bits per heavy atom. The van der Waals surface area contributed by atoms with Gasteiger partial charge in [0.25, 0.3) is 0 Å². The molecule has 5 heteroatoms. The molecule has 2 N–H and O–H groups in total. The topological polar surface area (TPSA) is 69.9 Å². The number of aryl methyl sites for hydroxylation is 4. The van der Waals surface area contributed by atoms with Crippen molar-refractivity contribution in [3.63, 3.8) is 0 Å². The van der Waals surface area contributed by atoms with Crippen molar-refractivity contribution in [2.45, 2.75) is 46.1 Å². The predicted octanol–water partition coefficient (Wildman–Crippen LogP) is 3.15. The molecule has 1 aliphatic rings. The second-order valence-corrected chi connectivity index (χ2v) is 6.18. The van der Waals surface area contributed by atoms with Crippen LogP contribution in [0.3, 0.4) is 0 Å². The fourth-order valence-electron chi connectivity index (χ4n) is 3.42. The number of nitrogens with two attached hydrogens (primary N) is 1. The maximum absolute atomic E-state index is 6.17. The molecule has 0 spiro atoms. The first-order valence-electron chi connectivity index (χ1n) is 7.82.